The highest BCUT2D eigenvalue weighted by Gasteiger charge is 2.13. The minimum Gasteiger partial charge on any atom is -0.378 e. The number of aryl methyl sites for hydroxylation is 1. The summed E-state index contributed by atoms with van der Waals surface area (Å²) in [6.45, 7) is 9.42. The number of hydrogen-bond acceptors (Lipinski definition) is 5. The molecule has 2 N–H and O–H groups in total. The van der Waals surface area contributed by atoms with Gasteiger partial charge in [-0.15, -0.1) is 0 Å². The van der Waals surface area contributed by atoms with E-state index in [0.717, 1.165) is 22.4 Å². The highest BCUT2D eigenvalue weighted by atomic mass is 19.3. The Kier molecular flexibility index (Phi) is 5.16. The zero-order valence-corrected chi connectivity index (χ0v) is 15.1. The molecule has 140 valence electrons. The molecule has 3 heterocycles. The molecule has 0 aliphatic rings. The molecular formula is C19H20F2N6. The van der Waals surface area contributed by atoms with E-state index in [-0.39, 0.29) is 0 Å². The van der Waals surface area contributed by atoms with Crippen LogP contribution in [0.4, 0.5) is 14.7 Å². The van der Waals surface area contributed by atoms with E-state index in [2.05, 4.69) is 38.7 Å². The van der Waals surface area contributed by atoms with E-state index in [4.69, 9.17) is 0 Å². The number of pyridine rings is 1. The van der Waals surface area contributed by atoms with Crippen molar-refractivity contribution in [1.82, 2.24) is 24.7 Å². The Bertz CT molecular complexity index is 1010. The summed E-state index contributed by atoms with van der Waals surface area (Å²) in [5.74, 6) is 0.540. The summed E-state index contributed by atoms with van der Waals surface area (Å²) in [6.07, 6.45) is 2.71. The third-order valence-electron chi connectivity index (χ3n) is 4.16. The Morgan fingerprint density at radius 3 is 2.67 bits per heavy atom. The molecular weight excluding hydrogens is 350 g/mol. The van der Waals surface area contributed by atoms with Crippen molar-refractivity contribution in [3.8, 4) is 0 Å². The lowest BCUT2D eigenvalue weighted by Gasteiger charge is -2.12. The van der Waals surface area contributed by atoms with E-state index >= 15 is 0 Å². The number of imidazole rings is 1. The monoisotopic (exact) mass is 370 g/mol. The van der Waals surface area contributed by atoms with Gasteiger partial charge in [0.1, 0.15) is 5.65 Å². The Balaban J connectivity index is 1.95. The van der Waals surface area contributed by atoms with Gasteiger partial charge in [0.2, 0.25) is 5.95 Å². The summed E-state index contributed by atoms with van der Waals surface area (Å²) in [6, 6.07) is 3.73. The summed E-state index contributed by atoms with van der Waals surface area (Å²) >= 11 is 0. The van der Waals surface area contributed by atoms with Gasteiger partial charge in [-0.25, -0.2) is 23.7 Å². The average molecular weight is 370 g/mol. The number of fused-ring (bicyclic) bond motifs is 1. The molecule has 0 spiro atoms. The molecule has 8 heteroatoms. The molecule has 0 aliphatic heterocycles. The van der Waals surface area contributed by atoms with Gasteiger partial charge < -0.3 is 10.6 Å². The second kappa shape index (κ2) is 7.53. The van der Waals surface area contributed by atoms with Crippen LogP contribution >= 0.6 is 0 Å². The van der Waals surface area contributed by atoms with Crippen molar-refractivity contribution in [2.45, 2.75) is 13.3 Å². The maximum absolute atomic E-state index is 12.4. The van der Waals surface area contributed by atoms with Gasteiger partial charge in [0.25, 0.3) is 6.43 Å². The van der Waals surface area contributed by atoms with Gasteiger partial charge in [0.05, 0.1) is 29.8 Å². The third kappa shape index (κ3) is 3.79. The van der Waals surface area contributed by atoms with Gasteiger partial charge in [-0.1, -0.05) is 13.2 Å². The van der Waals surface area contributed by atoms with Gasteiger partial charge in [-0.2, -0.15) is 0 Å². The first-order valence-electron chi connectivity index (χ1n) is 8.30. The number of alkyl halides is 2. The van der Waals surface area contributed by atoms with Crippen LogP contribution in [0.15, 0.2) is 43.9 Å². The van der Waals surface area contributed by atoms with Crippen LogP contribution in [0.1, 0.15) is 22.5 Å². The fraction of sp³-hybridized carbons (Fsp3) is 0.211. The lowest BCUT2D eigenvalue weighted by Crippen LogP contribution is -2.19. The molecule has 0 bridgehead atoms. The number of hydrogen-bond donors (Lipinski definition) is 2. The van der Waals surface area contributed by atoms with Crippen LogP contribution in [-0.4, -0.2) is 39.4 Å². The van der Waals surface area contributed by atoms with E-state index < -0.39 is 13.0 Å². The summed E-state index contributed by atoms with van der Waals surface area (Å²) in [5, 5.41) is 5.52. The van der Waals surface area contributed by atoms with Crippen LogP contribution in [-0.2, 0) is 0 Å². The average Bonchev–Trinajstić information content (AvgIpc) is 3.08. The number of aromatic nitrogens is 4. The number of halogens is 2. The maximum Gasteiger partial charge on any atom is 0.255 e. The zero-order valence-electron chi connectivity index (χ0n) is 15.1. The van der Waals surface area contributed by atoms with Gasteiger partial charge in [0, 0.05) is 25.0 Å². The van der Waals surface area contributed by atoms with Crippen molar-refractivity contribution in [3.05, 3.63) is 66.4 Å². The van der Waals surface area contributed by atoms with E-state index in [1.165, 1.54) is 0 Å². The van der Waals surface area contributed by atoms with E-state index in [1.54, 1.807) is 23.8 Å². The first kappa shape index (κ1) is 18.5. The zero-order chi connectivity index (χ0) is 19.6. The van der Waals surface area contributed by atoms with Crippen molar-refractivity contribution in [2.75, 3.05) is 18.9 Å². The molecule has 0 atom stereocenters. The number of rotatable bonds is 7. The molecule has 27 heavy (non-hydrogen) atoms. The summed E-state index contributed by atoms with van der Waals surface area (Å²) in [5.41, 5.74) is 4.88. The summed E-state index contributed by atoms with van der Waals surface area (Å²) in [7, 11) is 1.76. The fourth-order valence-electron chi connectivity index (χ4n) is 2.71. The molecule has 0 aromatic carbocycles. The summed E-state index contributed by atoms with van der Waals surface area (Å²) in [4.78, 5) is 12.9. The third-order valence-corrected chi connectivity index (χ3v) is 4.16. The number of nitrogens with zero attached hydrogens (tertiary/aromatic N) is 4. The van der Waals surface area contributed by atoms with Gasteiger partial charge in [-0.3, -0.25) is 4.40 Å². The second-order valence-electron chi connectivity index (χ2n) is 5.96. The Hall–Kier alpha value is -3.29. The highest BCUT2D eigenvalue weighted by Crippen LogP contribution is 2.25. The normalized spacial score (nSPS) is 11.0. The molecule has 0 amide bonds. The predicted molar refractivity (Wildman–Crippen MR) is 103 cm³/mol. The second-order valence-corrected chi connectivity index (χ2v) is 5.96. The lowest BCUT2D eigenvalue weighted by atomic mass is 10.0. The molecule has 0 unspecified atom stereocenters. The van der Waals surface area contributed by atoms with E-state index in [0.29, 0.717) is 23.0 Å². The first-order valence-corrected chi connectivity index (χ1v) is 8.30. The van der Waals surface area contributed by atoms with Crippen LogP contribution in [0.5, 0.6) is 0 Å². The van der Waals surface area contributed by atoms with Crippen molar-refractivity contribution in [2.24, 2.45) is 0 Å². The van der Waals surface area contributed by atoms with Crippen molar-refractivity contribution in [3.63, 3.8) is 0 Å². The van der Waals surface area contributed by atoms with Crippen LogP contribution in [0.25, 0.3) is 16.9 Å². The Labute approximate surface area is 155 Å². The maximum atomic E-state index is 12.4. The number of anilines is 1. The number of nitrogens with one attached hydrogen (secondary N) is 2. The van der Waals surface area contributed by atoms with Gasteiger partial charge in [-0.05, 0) is 30.2 Å². The largest absolute Gasteiger partial charge is 0.378 e. The van der Waals surface area contributed by atoms with E-state index in [1.807, 2.05) is 25.3 Å². The highest BCUT2D eigenvalue weighted by molar-refractivity contribution is 5.79. The molecule has 3 aromatic rings. The quantitative estimate of drug-likeness (QED) is 0.668. The molecule has 0 fully saturated rings. The van der Waals surface area contributed by atoms with Crippen LogP contribution < -0.4 is 10.6 Å². The van der Waals surface area contributed by atoms with Gasteiger partial charge in [0.15, 0.2) is 0 Å². The molecule has 0 saturated carbocycles. The predicted octanol–water partition coefficient (Wildman–Crippen LogP) is 3.36. The molecule has 0 radical (unpaired) electrons. The lowest BCUT2D eigenvalue weighted by molar-refractivity contribution is 0.151. The van der Waals surface area contributed by atoms with Crippen LogP contribution in [0.2, 0.25) is 0 Å². The first-order chi connectivity index (χ1) is 12.9. The van der Waals surface area contributed by atoms with Gasteiger partial charge >= 0.3 is 0 Å². The van der Waals surface area contributed by atoms with Crippen molar-refractivity contribution < 1.29 is 8.78 Å². The topological polar surface area (TPSA) is 67.1 Å². The van der Waals surface area contributed by atoms with Crippen LogP contribution in [0, 0.1) is 6.92 Å². The smallest absolute Gasteiger partial charge is 0.255 e. The van der Waals surface area contributed by atoms with E-state index in [9.17, 15) is 8.78 Å². The molecule has 3 aromatic heterocycles. The van der Waals surface area contributed by atoms with Crippen LogP contribution in [0.3, 0.4) is 0 Å². The molecule has 0 aliphatic carbocycles. The molecule has 0 saturated heterocycles. The standard InChI is InChI=1S/C19H20F2N6/c1-11(15-7-25-19(22-4)26-12(15)2)14-5-6-18-24-8-16(27(18)10-14)13(3)23-9-17(20)21/h5-8,10,17,23H,1,3,9H2,2,4H3,(H,22,25,26). The Morgan fingerprint density at radius 1 is 1.22 bits per heavy atom. The van der Waals surface area contributed by atoms with Crippen molar-refractivity contribution in [1.29, 1.82) is 0 Å². The molecule has 6 nitrogen and oxygen atoms in total. The molecule has 3 rings (SSSR count). The minimum absolute atomic E-state index is 0.378. The van der Waals surface area contributed by atoms with Crippen molar-refractivity contribution >= 4 is 22.9 Å². The SMILES string of the molecule is C=C(c1ccc2ncc(C(=C)NCC(F)F)n2c1)c1cnc(NC)nc1C. The fourth-order valence-corrected chi connectivity index (χ4v) is 2.71. The Morgan fingerprint density at radius 2 is 2.00 bits per heavy atom. The minimum atomic E-state index is -2.46. The summed E-state index contributed by atoms with van der Waals surface area (Å²) < 4.78 is 26.7.